The molecule has 0 unspecified atom stereocenters. The van der Waals surface area contributed by atoms with Crippen LogP contribution in [0.5, 0.6) is 0 Å². The van der Waals surface area contributed by atoms with E-state index in [0.717, 1.165) is 22.8 Å². The zero-order valence-corrected chi connectivity index (χ0v) is 14.3. The maximum Gasteiger partial charge on any atom is 0.416 e. The van der Waals surface area contributed by atoms with Crippen LogP contribution < -0.4 is 5.56 Å². The van der Waals surface area contributed by atoms with Crippen molar-refractivity contribution in [3.8, 4) is 11.3 Å². The van der Waals surface area contributed by atoms with E-state index in [9.17, 15) is 27.9 Å². The van der Waals surface area contributed by atoms with E-state index >= 15 is 0 Å². The van der Waals surface area contributed by atoms with E-state index < -0.39 is 35.8 Å². The number of carbonyl (C=O) groups excluding carboxylic acids is 1. The maximum absolute atomic E-state index is 13.2. The minimum Gasteiger partial charge on any atom is -0.394 e. The van der Waals surface area contributed by atoms with Crippen LogP contribution >= 0.6 is 0 Å². The Morgan fingerprint density at radius 2 is 1.68 bits per heavy atom. The average molecular weight is 389 g/mol. The number of aliphatic hydroxyl groups is 2. The zero-order chi connectivity index (χ0) is 20.2. The van der Waals surface area contributed by atoms with Crippen molar-refractivity contribution in [2.45, 2.75) is 18.8 Å². The molecule has 0 saturated carbocycles. The summed E-state index contributed by atoms with van der Waals surface area (Å²) in [7, 11) is 0. The van der Waals surface area contributed by atoms with Gasteiger partial charge in [-0.2, -0.15) is 13.2 Å². The monoisotopic (exact) mass is 389 g/mol. The number of fused-ring (bicyclic) bond motifs is 5. The Bertz CT molecular complexity index is 1180. The van der Waals surface area contributed by atoms with Gasteiger partial charge in [0.2, 0.25) is 0 Å². The highest BCUT2D eigenvalue weighted by molar-refractivity contribution is 6.26. The Morgan fingerprint density at radius 3 is 2.32 bits per heavy atom. The molecule has 144 valence electrons. The highest BCUT2D eigenvalue weighted by Crippen LogP contribution is 2.40. The molecular weight excluding hydrogens is 375 g/mol. The number of hydrogen-bond donors (Lipinski definition) is 2. The van der Waals surface area contributed by atoms with Crippen molar-refractivity contribution >= 4 is 16.6 Å². The van der Waals surface area contributed by atoms with Gasteiger partial charge in [0.15, 0.2) is 5.78 Å². The second-order valence-corrected chi connectivity index (χ2v) is 6.61. The number of rotatable bonds is 3. The van der Waals surface area contributed by atoms with Gasteiger partial charge in [0, 0.05) is 21.9 Å². The molecule has 0 amide bonds. The highest BCUT2D eigenvalue weighted by Gasteiger charge is 2.35. The number of aromatic nitrogens is 1. The molecule has 2 aromatic carbocycles. The van der Waals surface area contributed by atoms with Crippen LogP contribution in [0, 0.1) is 0 Å². The van der Waals surface area contributed by atoms with Gasteiger partial charge in [0.05, 0.1) is 36.1 Å². The normalized spacial score (nSPS) is 14.2. The highest BCUT2D eigenvalue weighted by atomic mass is 19.4. The van der Waals surface area contributed by atoms with E-state index in [1.54, 1.807) is 18.2 Å². The summed E-state index contributed by atoms with van der Waals surface area (Å²) in [5, 5.41) is 18.9. The first-order valence-corrected chi connectivity index (χ1v) is 8.44. The van der Waals surface area contributed by atoms with Crippen LogP contribution in [0.1, 0.15) is 21.5 Å². The fourth-order valence-corrected chi connectivity index (χ4v) is 3.60. The third kappa shape index (κ3) is 2.64. The van der Waals surface area contributed by atoms with Crippen LogP contribution in [0.15, 0.2) is 47.3 Å². The Hall–Kier alpha value is -2.97. The average Bonchev–Trinajstić information content (AvgIpc) is 2.97. The molecular formula is C20H14F3NO4. The van der Waals surface area contributed by atoms with Crippen LogP contribution in [0.4, 0.5) is 13.2 Å². The maximum atomic E-state index is 13.2. The summed E-state index contributed by atoms with van der Waals surface area (Å²) in [5.74, 6) is -0.484. The summed E-state index contributed by atoms with van der Waals surface area (Å²) in [5.41, 5.74) is -0.770. The largest absolute Gasteiger partial charge is 0.416 e. The number of benzene rings is 2. The molecule has 0 spiro atoms. The van der Waals surface area contributed by atoms with Crippen LogP contribution in [-0.2, 0) is 12.7 Å². The van der Waals surface area contributed by atoms with E-state index in [0.29, 0.717) is 5.56 Å². The van der Waals surface area contributed by atoms with E-state index in [1.165, 1.54) is 6.07 Å². The van der Waals surface area contributed by atoms with Gasteiger partial charge in [-0.25, -0.2) is 0 Å². The SMILES string of the molecule is O=C1c2ccccc2-c2c1c1cc(C(F)(F)F)ccc1c(=O)n2C[C@H](O)CO. The molecule has 1 atom stereocenters. The number of halogens is 3. The molecule has 1 aromatic heterocycles. The van der Waals surface area contributed by atoms with Gasteiger partial charge in [-0.1, -0.05) is 24.3 Å². The number of ketones is 1. The molecule has 5 nitrogen and oxygen atoms in total. The summed E-state index contributed by atoms with van der Waals surface area (Å²) in [4.78, 5) is 26.0. The summed E-state index contributed by atoms with van der Waals surface area (Å²) in [6.45, 7) is -0.905. The standard InChI is InChI=1S/C20H14F3NO4/c21-20(22,23)10-5-6-14-15(7-10)16-17(24(19(14)28)8-11(26)9-25)12-3-1-2-4-13(12)18(16)27/h1-7,11,25-26H,8-9H2/t11-/m0/s1. The molecule has 3 aromatic rings. The molecule has 0 saturated heterocycles. The van der Waals surface area contributed by atoms with Crippen LogP contribution in [0.25, 0.3) is 22.0 Å². The summed E-state index contributed by atoms with van der Waals surface area (Å²) >= 11 is 0. The minimum atomic E-state index is -4.63. The van der Waals surface area contributed by atoms with Crippen molar-refractivity contribution in [3.63, 3.8) is 0 Å². The lowest BCUT2D eigenvalue weighted by atomic mass is 10.00. The van der Waals surface area contributed by atoms with Gasteiger partial charge in [-0.05, 0) is 18.2 Å². The summed E-state index contributed by atoms with van der Waals surface area (Å²) in [6.07, 6.45) is -5.89. The molecule has 1 aliphatic carbocycles. The van der Waals surface area contributed by atoms with E-state index in [-0.39, 0.29) is 34.1 Å². The second-order valence-electron chi connectivity index (χ2n) is 6.61. The molecule has 1 aliphatic rings. The van der Waals surface area contributed by atoms with Gasteiger partial charge in [-0.15, -0.1) is 0 Å². The lowest BCUT2D eigenvalue weighted by Crippen LogP contribution is -2.30. The number of alkyl halides is 3. The predicted octanol–water partition coefficient (Wildman–Crippen LogP) is 2.58. The first-order valence-electron chi connectivity index (χ1n) is 8.44. The quantitative estimate of drug-likeness (QED) is 0.565. The van der Waals surface area contributed by atoms with Gasteiger partial charge < -0.3 is 14.8 Å². The van der Waals surface area contributed by atoms with Crippen LogP contribution in [0.3, 0.4) is 0 Å². The topological polar surface area (TPSA) is 79.5 Å². The van der Waals surface area contributed by atoms with E-state index in [1.807, 2.05) is 0 Å². The predicted molar refractivity (Wildman–Crippen MR) is 95.2 cm³/mol. The number of hydrogen-bond acceptors (Lipinski definition) is 4. The van der Waals surface area contributed by atoms with Gasteiger partial charge in [0.1, 0.15) is 0 Å². The molecule has 8 heteroatoms. The molecule has 2 N–H and O–H groups in total. The van der Waals surface area contributed by atoms with E-state index in [4.69, 9.17) is 5.11 Å². The minimum absolute atomic E-state index is 0.00737. The van der Waals surface area contributed by atoms with Crippen molar-refractivity contribution in [1.82, 2.24) is 4.57 Å². The lowest BCUT2D eigenvalue weighted by molar-refractivity contribution is -0.137. The molecule has 1 heterocycles. The molecule has 0 aliphatic heterocycles. The van der Waals surface area contributed by atoms with Crippen molar-refractivity contribution in [1.29, 1.82) is 0 Å². The molecule has 0 fully saturated rings. The third-order valence-corrected chi connectivity index (χ3v) is 4.86. The molecule has 4 rings (SSSR count). The first kappa shape index (κ1) is 18.4. The van der Waals surface area contributed by atoms with Crippen LogP contribution in [0.2, 0.25) is 0 Å². The third-order valence-electron chi connectivity index (χ3n) is 4.86. The van der Waals surface area contributed by atoms with E-state index in [2.05, 4.69) is 0 Å². The summed E-state index contributed by atoms with van der Waals surface area (Å²) < 4.78 is 40.7. The number of aliphatic hydroxyl groups excluding tert-OH is 2. The Labute approximate surface area is 156 Å². The van der Waals surface area contributed by atoms with Crippen molar-refractivity contribution in [3.05, 3.63) is 69.5 Å². The fourth-order valence-electron chi connectivity index (χ4n) is 3.60. The van der Waals surface area contributed by atoms with Gasteiger partial charge in [0.25, 0.3) is 5.56 Å². The smallest absolute Gasteiger partial charge is 0.394 e. The number of carbonyl (C=O) groups is 1. The first-order chi connectivity index (χ1) is 13.2. The van der Waals surface area contributed by atoms with Gasteiger partial charge in [-0.3, -0.25) is 9.59 Å². The summed E-state index contributed by atoms with van der Waals surface area (Å²) in [6, 6.07) is 9.04. The number of pyridine rings is 1. The van der Waals surface area contributed by atoms with Crippen molar-refractivity contribution in [2.24, 2.45) is 0 Å². The number of nitrogens with zero attached hydrogens (tertiary/aromatic N) is 1. The fraction of sp³-hybridized carbons (Fsp3) is 0.200. The lowest BCUT2D eigenvalue weighted by Gasteiger charge is -2.18. The van der Waals surface area contributed by atoms with Crippen molar-refractivity contribution < 1.29 is 28.2 Å². The Balaban J connectivity index is 2.14. The second kappa shape index (κ2) is 6.29. The van der Waals surface area contributed by atoms with Crippen LogP contribution in [-0.4, -0.2) is 33.3 Å². The molecule has 28 heavy (non-hydrogen) atoms. The Morgan fingerprint density at radius 1 is 1.00 bits per heavy atom. The molecule has 0 bridgehead atoms. The van der Waals surface area contributed by atoms with Crippen molar-refractivity contribution in [2.75, 3.05) is 6.61 Å². The zero-order valence-electron chi connectivity index (χ0n) is 14.3. The molecule has 0 radical (unpaired) electrons. The Kier molecular flexibility index (Phi) is 4.13. The van der Waals surface area contributed by atoms with Gasteiger partial charge >= 0.3 is 6.18 Å².